The zero-order chi connectivity index (χ0) is 29.7. The van der Waals surface area contributed by atoms with Gasteiger partial charge in [-0.2, -0.15) is 18.3 Å². The molecule has 0 spiro atoms. The van der Waals surface area contributed by atoms with Gasteiger partial charge in [-0.3, -0.25) is 0 Å². The predicted octanol–water partition coefficient (Wildman–Crippen LogP) is 5.80. The molecule has 5 aromatic rings. The van der Waals surface area contributed by atoms with Crippen LogP contribution in [0.3, 0.4) is 0 Å². The molecular formula is C27H20ClF4N5O3S. The van der Waals surface area contributed by atoms with Crippen LogP contribution in [0.25, 0.3) is 33.8 Å². The Morgan fingerprint density at radius 3 is 2.41 bits per heavy atom. The number of hydrogen-bond donors (Lipinski definition) is 1. The number of aromatic nitrogens is 5. The van der Waals surface area contributed by atoms with Crippen LogP contribution in [0.2, 0.25) is 5.15 Å². The van der Waals surface area contributed by atoms with Gasteiger partial charge in [0, 0.05) is 23.6 Å². The molecule has 3 heterocycles. The van der Waals surface area contributed by atoms with Gasteiger partial charge in [0.25, 0.3) is 0 Å². The lowest BCUT2D eigenvalue weighted by Gasteiger charge is -2.17. The Morgan fingerprint density at radius 2 is 1.80 bits per heavy atom. The third kappa shape index (κ3) is 5.47. The van der Waals surface area contributed by atoms with Gasteiger partial charge in [0.1, 0.15) is 16.8 Å². The zero-order valence-electron chi connectivity index (χ0n) is 21.4. The maximum absolute atomic E-state index is 15.0. The molecule has 41 heavy (non-hydrogen) atoms. The molecular weight excluding hydrogens is 586 g/mol. The summed E-state index contributed by atoms with van der Waals surface area (Å²) in [6.07, 6.45) is 0.0441. The number of sulfone groups is 1. The molecule has 0 amide bonds. The van der Waals surface area contributed by atoms with E-state index >= 15 is 0 Å². The fraction of sp³-hybridized carbons (Fsp3) is 0.148. The van der Waals surface area contributed by atoms with Crippen molar-refractivity contribution in [2.75, 3.05) is 6.26 Å². The number of benzene rings is 2. The van der Waals surface area contributed by atoms with Crippen molar-refractivity contribution in [2.45, 2.75) is 24.6 Å². The predicted molar refractivity (Wildman–Crippen MR) is 143 cm³/mol. The fourth-order valence-corrected chi connectivity index (χ4v) is 5.52. The molecule has 2 aromatic carbocycles. The van der Waals surface area contributed by atoms with Gasteiger partial charge in [-0.25, -0.2) is 27.5 Å². The first-order valence-electron chi connectivity index (χ1n) is 11.9. The molecule has 0 bridgehead atoms. The number of pyridine rings is 1. The Bertz CT molecular complexity index is 1880. The first kappa shape index (κ1) is 28.5. The Kier molecular flexibility index (Phi) is 7.22. The van der Waals surface area contributed by atoms with E-state index in [0.717, 1.165) is 18.5 Å². The van der Waals surface area contributed by atoms with Crippen molar-refractivity contribution in [2.24, 2.45) is 0 Å². The van der Waals surface area contributed by atoms with Gasteiger partial charge in [-0.05, 0) is 60.5 Å². The van der Waals surface area contributed by atoms with E-state index in [1.165, 1.54) is 46.8 Å². The van der Waals surface area contributed by atoms with Gasteiger partial charge < -0.3 is 9.67 Å². The Labute approximate surface area is 236 Å². The Hall–Kier alpha value is -4.07. The van der Waals surface area contributed by atoms with E-state index in [9.17, 15) is 31.1 Å². The second kappa shape index (κ2) is 10.4. The van der Waals surface area contributed by atoms with Crippen molar-refractivity contribution >= 4 is 21.4 Å². The summed E-state index contributed by atoms with van der Waals surface area (Å²) in [5.41, 5.74) is 0.684. The quantitative estimate of drug-likeness (QED) is 0.194. The second-order valence-corrected chi connectivity index (χ2v) is 11.5. The maximum atomic E-state index is 15.0. The summed E-state index contributed by atoms with van der Waals surface area (Å²) in [6, 6.07) is 11.8. The van der Waals surface area contributed by atoms with Crippen LogP contribution in [0.1, 0.15) is 17.1 Å². The summed E-state index contributed by atoms with van der Waals surface area (Å²) in [5.74, 6) is -0.864. The highest BCUT2D eigenvalue weighted by molar-refractivity contribution is 7.90. The molecule has 0 saturated carbocycles. The molecule has 0 unspecified atom stereocenters. The number of halogens is 5. The van der Waals surface area contributed by atoms with E-state index in [1.54, 1.807) is 24.3 Å². The van der Waals surface area contributed by atoms with Crippen molar-refractivity contribution in [3.05, 3.63) is 95.2 Å². The van der Waals surface area contributed by atoms with Gasteiger partial charge in [0.2, 0.25) is 0 Å². The highest BCUT2D eigenvalue weighted by Crippen LogP contribution is 2.37. The van der Waals surface area contributed by atoms with Crippen LogP contribution in [0.15, 0.2) is 72.0 Å². The summed E-state index contributed by atoms with van der Waals surface area (Å²) in [5, 5.41) is 14.2. The monoisotopic (exact) mass is 605 g/mol. The van der Waals surface area contributed by atoms with Gasteiger partial charge in [-0.15, -0.1) is 0 Å². The van der Waals surface area contributed by atoms with Crippen LogP contribution >= 0.6 is 11.6 Å². The molecule has 0 radical (unpaired) electrons. The number of aliphatic hydroxyl groups excluding tert-OH is 1. The molecule has 0 aliphatic carbocycles. The number of imidazole rings is 1. The van der Waals surface area contributed by atoms with Crippen LogP contribution in [0.5, 0.6) is 0 Å². The summed E-state index contributed by atoms with van der Waals surface area (Å²) in [7, 11) is -3.92. The van der Waals surface area contributed by atoms with Crippen LogP contribution in [-0.2, 0) is 22.6 Å². The smallest absolute Gasteiger partial charge is 0.392 e. The molecule has 0 aliphatic rings. The number of alkyl halides is 3. The lowest BCUT2D eigenvalue weighted by molar-refractivity contribution is -0.141. The molecule has 3 aromatic heterocycles. The lowest BCUT2D eigenvalue weighted by atomic mass is 9.98. The number of aliphatic hydroxyl groups is 1. The Morgan fingerprint density at radius 1 is 1.05 bits per heavy atom. The van der Waals surface area contributed by atoms with Crippen molar-refractivity contribution in [3.63, 3.8) is 0 Å². The van der Waals surface area contributed by atoms with Crippen LogP contribution < -0.4 is 0 Å². The minimum absolute atomic E-state index is 0.0586. The largest absolute Gasteiger partial charge is 0.434 e. The number of hydrogen-bond acceptors (Lipinski definition) is 6. The topological polar surface area (TPSA) is 103 Å². The molecule has 5 rings (SSSR count). The molecule has 212 valence electrons. The van der Waals surface area contributed by atoms with E-state index in [0.29, 0.717) is 28.2 Å². The first-order valence-corrected chi connectivity index (χ1v) is 14.1. The van der Waals surface area contributed by atoms with E-state index in [2.05, 4.69) is 15.1 Å². The molecule has 0 aliphatic heterocycles. The fourth-order valence-electron chi connectivity index (χ4n) is 4.45. The van der Waals surface area contributed by atoms with E-state index in [4.69, 9.17) is 11.6 Å². The lowest BCUT2D eigenvalue weighted by Crippen LogP contribution is -2.06. The molecule has 0 saturated heterocycles. The first-order chi connectivity index (χ1) is 19.3. The summed E-state index contributed by atoms with van der Waals surface area (Å²) in [6.45, 7) is 0.600. The van der Waals surface area contributed by atoms with Crippen LogP contribution in [0.4, 0.5) is 17.6 Å². The average Bonchev–Trinajstić information content (AvgIpc) is 3.55. The minimum atomic E-state index is -4.68. The third-order valence-corrected chi connectivity index (χ3v) is 7.74. The standard InChI is InChI=1S/C27H20ClF4N5O3S/c1-15-35-25(27(30,31)32)13-36(15)22-5-3-16(17-10-21(29)20(14-38)24(11-17)41(2,39)40)9-19(22)23-7-8-34-37(23)18-4-6-26(28)33-12-18/h3-13,38H,14H2,1-2H3. The summed E-state index contributed by atoms with van der Waals surface area (Å²) < 4.78 is 83.0. The molecule has 1 N–H and O–H groups in total. The maximum Gasteiger partial charge on any atom is 0.434 e. The van der Waals surface area contributed by atoms with Gasteiger partial charge in [0.15, 0.2) is 15.5 Å². The van der Waals surface area contributed by atoms with Crippen LogP contribution in [0, 0.1) is 12.7 Å². The van der Waals surface area contributed by atoms with Crippen molar-refractivity contribution in [3.8, 4) is 33.8 Å². The van der Waals surface area contributed by atoms with E-state index in [1.807, 2.05) is 0 Å². The number of rotatable bonds is 6. The van der Waals surface area contributed by atoms with Gasteiger partial charge in [-0.1, -0.05) is 17.7 Å². The highest BCUT2D eigenvalue weighted by Gasteiger charge is 2.35. The third-order valence-electron chi connectivity index (χ3n) is 6.35. The van der Waals surface area contributed by atoms with Crippen molar-refractivity contribution < 1.29 is 31.1 Å². The summed E-state index contributed by atoms with van der Waals surface area (Å²) in [4.78, 5) is 7.36. The van der Waals surface area contributed by atoms with Crippen molar-refractivity contribution in [1.29, 1.82) is 0 Å². The molecule has 14 heteroatoms. The molecule has 0 fully saturated rings. The normalized spacial score (nSPS) is 12.2. The number of aryl methyl sites for hydroxylation is 1. The highest BCUT2D eigenvalue weighted by atomic mass is 35.5. The van der Waals surface area contributed by atoms with E-state index < -0.39 is 34.1 Å². The average molecular weight is 606 g/mol. The summed E-state index contributed by atoms with van der Waals surface area (Å²) >= 11 is 5.93. The van der Waals surface area contributed by atoms with Crippen LogP contribution in [-0.4, -0.2) is 44.1 Å². The molecule has 0 atom stereocenters. The zero-order valence-corrected chi connectivity index (χ0v) is 22.9. The Balaban J connectivity index is 1.78. The number of nitrogens with zero attached hydrogens (tertiary/aromatic N) is 5. The van der Waals surface area contributed by atoms with Gasteiger partial charge in [0.05, 0.1) is 41.0 Å². The van der Waals surface area contributed by atoms with E-state index in [-0.39, 0.29) is 27.0 Å². The molecule has 8 nitrogen and oxygen atoms in total. The second-order valence-electron chi connectivity index (χ2n) is 9.11. The van der Waals surface area contributed by atoms with Crippen molar-refractivity contribution in [1.82, 2.24) is 24.3 Å². The SMILES string of the molecule is Cc1nc(C(F)(F)F)cn1-c1ccc(-c2cc(F)c(CO)c(S(C)(=O)=O)c2)cc1-c1ccnn1-c1ccc(Cl)nc1. The van der Waals surface area contributed by atoms with Gasteiger partial charge >= 0.3 is 6.18 Å². The minimum Gasteiger partial charge on any atom is -0.392 e.